The fourth-order valence-electron chi connectivity index (χ4n) is 3.42. The van der Waals surface area contributed by atoms with Gasteiger partial charge in [0.2, 0.25) is 10.0 Å². The Morgan fingerprint density at radius 3 is 2.56 bits per heavy atom. The molecule has 25 heavy (non-hydrogen) atoms. The molecule has 138 valence electrons. The van der Waals surface area contributed by atoms with Crippen LogP contribution in [0.5, 0.6) is 5.75 Å². The number of rotatable bonds is 4. The second-order valence-corrected chi connectivity index (χ2v) is 9.65. The molecule has 0 aromatic heterocycles. The lowest BCUT2D eigenvalue weighted by Crippen LogP contribution is -2.52. The van der Waals surface area contributed by atoms with Gasteiger partial charge in [0.1, 0.15) is 11.4 Å². The van der Waals surface area contributed by atoms with E-state index in [9.17, 15) is 13.2 Å². The van der Waals surface area contributed by atoms with Crippen LogP contribution in [0.2, 0.25) is 10.0 Å². The molecule has 1 aromatic rings. The number of halogens is 2. The van der Waals surface area contributed by atoms with Gasteiger partial charge >= 0.3 is 0 Å². The lowest BCUT2D eigenvalue weighted by Gasteiger charge is -2.43. The summed E-state index contributed by atoms with van der Waals surface area (Å²) in [6, 6.07) is 3.13. The number of sulfonamides is 1. The standard InChI is InChI=1S/C17H21Cl2NO4S/c1-2-3-8-25(22,23)20-6-4-17(5-7-20)11-15(21)13-9-12(18)10-14(19)16(13)24-17/h9-10H,2-8,11H2,1H3. The van der Waals surface area contributed by atoms with Crippen molar-refractivity contribution in [1.82, 2.24) is 4.31 Å². The van der Waals surface area contributed by atoms with Gasteiger partial charge in [-0.05, 0) is 18.6 Å². The molecule has 0 unspecified atom stereocenters. The third kappa shape index (κ3) is 3.82. The van der Waals surface area contributed by atoms with E-state index in [-0.39, 0.29) is 18.0 Å². The van der Waals surface area contributed by atoms with Crippen LogP contribution in [0.3, 0.4) is 0 Å². The number of benzene rings is 1. The van der Waals surface area contributed by atoms with Gasteiger partial charge in [-0.25, -0.2) is 12.7 Å². The Kier molecular flexibility index (Phi) is 5.36. The van der Waals surface area contributed by atoms with Gasteiger partial charge in [-0.2, -0.15) is 0 Å². The van der Waals surface area contributed by atoms with Gasteiger partial charge in [0, 0.05) is 31.0 Å². The van der Waals surface area contributed by atoms with Crippen molar-refractivity contribution in [2.45, 2.75) is 44.6 Å². The minimum absolute atomic E-state index is 0.0621. The van der Waals surface area contributed by atoms with Crippen molar-refractivity contribution >= 4 is 39.0 Å². The van der Waals surface area contributed by atoms with Gasteiger partial charge in [0.15, 0.2) is 5.78 Å². The first-order valence-electron chi connectivity index (χ1n) is 8.45. The largest absolute Gasteiger partial charge is 0.484 e. The van der Waals surface area contributed by atoms with Crippen LogP contribution in [-0.2, 0) is 10.0 Å². The molecule has 1 aromatic carbocycles. The third-order valence-electron chi connectivity index (χ3n) is 4.89. The molecule has 0 amide bonds. The second-order valence-electron chi connectivity index (χ2n) is 6.72. The van der Waals surface area contributed by atoms with E-state index in [1.54, 1.807) is 12.1 Å². The van der Waals surface area contributed by atoms with Gasteiger partial charge in [0.25, 0.3) is 0 Å². The molecule has 0 N–H and O–H groups in total. The number of hydrogen-bond donors (Lipinski definition) is 0. The van der Waals surface area contributed by atoms with Gasteiger partial charge in [-0.3, -0.25) is 4.79 Å². The summed E-state index contributed by atoms with van der Waals surface area (Å²) in [7, 11) is -3.24. The van der Waals surface area contributed by atoms with Crippen LogP contribution in [0.4, 0.5) is 0 Å². The summed E-state index contributed by atoms with van der Waals surface area (Å²) >= 11 is 12.2. The summed E-state index contributed by atoms with van der Waals surface area (Å²) in [5.41, 5.74) is -0.278. The Labute approximate surface area is 158 Å². The van der Waals surface area contributed by atoms with E-state index in [4.69, 9.17) is 27.9 Å². The molecular formula is C17H21Cl2NO4S. The van der Waals surface area contributed by atoms with E-state index >= 15 is 0 Å². The zero-order valence-corrected chi connectivity index (χ0v) is 16.4. The number of Topliss-reactive ketones (excluding diaryl/α,β-unsaturated/α-hetero) is 1. The highest BCUT2D eigenvalue weighted by atomic mass is 35.5. The number of ketones is 1. The van der Waals surface area contributed by atoms with Crippen molar-refractivity contribution in [2.75, 3.05) is 18.8 Å². The van der Waals surface area contributed by atoms with E-state index in [1.165, 1.54) is 4.31 Å². The van der Waals surface area contributed by atoms with Crippen molar-refractivity contribution in [2.24, 2.45) is 0 Å². The summed E-state index contributed by atoms with van der Waals surface area (Å²) in [5.74, 6) is 0.473. The predicted octanol–water partition coefficient (Wildman–Crippen LogP) is 3.92. The molecule has 0 bridgehead atoms. The molecule has 1 spiro atoms. The van der Waals surface area contributed by atoms with Gasteiger partial charge in [0.05, 0.1) is 22.8 Å². The summed E-state index contributed by atoms with van der Waals surface area (Å²) in [4.78, 5) is 12.6. The number of hydrogen-bond acceptors (Lipinski definition) is 4. The summed E-state index contributed by atoms with van der Waals surface area (Å²) < 4.78 is 32.3. The number of carbonyl (C=O) groups excluding carboxylic acids is 1. The van der Waals surface area contributed by atoms with E-state index < -0.39 is 15.6 Å². The van der Waals surface area contributed by atoms with E-state index in [0.717, 1.165) is 6.42 Å². The zero-order chi connectivity index (χ0) is 18.2. The van der Waals surface area contributed by atoms with Crippen LogP contribution >= 0.6 is 23.2 Å². The van der Waals surface area contributed by atoms with Gasteiger partial charge in [-0.15, -0.1) is 0 Å². The minimum Gasteiger partial charge on any atom is -0.484 e. The van der Waals surface area contributed by atoms with Crippen molar-refractivity contribution in [1.29, 1.82) is 0 Å². The van der Waals surface area contributed by atoms with Crippen molar-refractivity contribution in [3.63, 3.8) is 0 Å². The maximum Gasteiger partial charge on any atom is 0.214 e. The summed E-state index contributed by atoms with van der Waals surface area (Å²) in [6.07, 6.45) is 2.67. The van der Waals surface area contributed by atoms with E-state index in [2.05, 4.69) is 0 Å². The average molecular weight is 406 g/mol. The SMILES string of the molecule is CCCCS(=O)(=O)N1CCC2(CC1)CC(=O)c1cc(Cl)cc(Cl)c1O2. The zero-order valence-electron chi connectivity index (χ0n) is 14.1. The quantitative estimate of drug-likeness (QED) is 0.760. The van der Waals surface area contributed by atoms with Crippen molar-refractivity contribution in [3.05, 3.63) is 27.7 Å². The second kappa shape index (κ2) is 7.06. The Morgan fingerprint density at radius 2 is 1.92 bits per heavy atom. The molecule has 2 heterocycles. The molecule has 2 aliphatic heterocycles. The first-order chi connectivity index (χ1) is 11.8. The van der Waals surface area contributed by atoms with Crippen LogP contribution in [0, 0.1) is 0 Å². The number of ether oxygens (including phenoxy) is 1. The van der Waals surface area contributed by atoms with Crippen LogP contribution < -0.4 is 4.74 Å². The lowest BCUT2D eigenvalue weighted by molar-refractivity contribution is 0.00599. The Morgan fingerprint density at radius 1 is 1.24 bits per heavy atom. The summed E-state index contributed by atoms with van der Waals surface area (Å²) in [6.45, 7) is 2.69. The molecule has 2 aliphatic rings. The van der Waals surface area contributed by atoms with Crippen molar-refractivity contribution in [3.8, 4) is 5.75 Å². The average Bonchev–Trinajstić information content (AvgIpc) is 2.55. The molecule has 5 nitrogen and oxygen atoms in total. The number of fused-ring (bicyclic) bond motifs is 1. The topological polar surface area (TPSA) is 63.7 Å². The van der Waals surface area contributed by atoms with Crippen LogP contribution in [0.25, 0.3) is 0 Å². The highest BCUT2D eigenvalue weighted by molar-refractivity contribution is 7.89. The third-order valence-corrected chi connectivity index (χ3v) is 7.35. The molecule has 8 heteroatoms. The maximum atomic E-state index is 12.6. The molecule has 0 atom stereocenters. The molecule has 0 aliphatic carbocycles. The highest BCUT2D eigenvalue weighted by Gasteiger charge is 2.45. The first-order valence-corrected chi connectivity index (χ1v) is 10.8. The van der Waals surface area contributed by atoms with Crippen LogP contribution in [-0.4, -0.2) is 42.9 Å². The first kappa shape index (κ1) is 19.0. The monoisotopic (exact) mass is 405 g/mol. The molecule has 0 radical (unpaired) electrons. The lowest BCUT2D eigenvalue weighted by atomic mass is 9.83. The fraction of sp³-hybridized carbons (Fsp3) is 0.588. The Balaban J connectivity index is 1.77. The normalized spacial score (nSPS) is 20.4. The van der Waals surface area contributed by atoms with Gasteiger partial charge in [-0.1, -0.05) is 36.5 Å². The fourth-order valence-corrected chi connectivity index (χ4v) is 5.60. The Hall–Kier alpha value is -0.820. The smallest absolute Gasteiger partial charge is 0.214 e. The number of piperidine rings is 1. The molecule has 1 fully saturated rings. The van der Waals surface area contributed by atoms with E-state index in [1.807, 2.05) is 6.92 Å². The number of unbranched alkanes of at least 4 members (excludes halogenated alkanes) is 1. The molecule has 3 rings (SSSR count). The van der Waals surface area contributed by atoms with Crippen LogP contribution in [0.15, 0.2) is 12.1 Å². The highest BCUT2D eigenvalue weighted by Crippen LogP contribution is 2.44. The van der Waals surface area contributed by atoms with Crippen LogP contribution in [0.1, 0.15) is 49.4 Å². The number of nitrogens with zero attached hydrogens (tertiary/aromatic N) is 1. The predicted molar refractivity (Wildman–Crippen MR) is 98.3 cm³/mol. The number of carbonyl (C=O) groups is 1. The maximum absolute atomic E-state index is 12.6. The van der Waals surface area contributed by atoms with Crippen molar-refractivity contribution < 1.29 is 17.9 Å². The van der Waals surface area contributed by atoms with E-state index in [0.29, 0.717) is 53.7 Å². The molecule has 0 saturated carbocycles. The Bertz CT molecular complexity index is 786. The minimum atomic E-state index is -3.24. The molecular weight excluding hydrogens is 385 g/mol. The summed E-state index contributed by atoms with van der Waals surface area (Å²) in [5, 5.41) is 0.710. The van der Waals surface area contributed by atoms with Gasteiger partial charge < -0.3 is 4.74 Å². The molecule has 1 saturated heterocycles.